The van der Waals surface area contributed by atoms with E-state index in [2.05, 4.69) is 15.0 Å². The minimum Gasteiger partial charge on any atom is -0.350 e. The molecule has 0 aliphatic carbocycles. The van der Waals surface area contributed by atoms with E-state index in [0.717, 1.165) is 16.0 Å². The largest absolute Gasteiger partial charge is 0.350 e. The van der Waals surface area contributed by atoms with Crippen molar-refractivity contribution >= 4 is 50.6 Å². The van der Waals surface area contributed by atoms with Gasteiger partial charge in [-0.3, -0.25) is 14.3 Å². The lowest BCUT2D eigenvalue weighted by Crippen LogP contribution is -2.32. The van der Waals surface area contributed by atoms with Crippen molar-refractivity contribution in [2.75, 3.05) is 14.9 Å². The van der Waals surface area contributed by atoms with Gasteiger partial charge in [0.2, 0.25) is 0 Å². The third-order valence-corrected chi connectivity index (χ3v) is 6.68. The van der Waals surface area contributed by atoms with Crippen LogP contribution in [0.4, 0.5) is 17.2 Å². The molecule has 168 valence electrons. The van der Waals surface area contributed by atoms with E-state index < -0.39 is 21.8 Å². The molecule has 0 saturated heterocycles. The number of anilines is 3. The molecule has 3 aromatic rings. The molecule has 0 fully saturated rings. The molecule has 33 heavy (non-hydrogen) atoms. The quantitative estimate of drug-likeness (QED) is 0.515. The highest BCUT2D eigenvalue weighted by molar-refractivity contribution is 7.92. The second-order valence-corrected chi connectivity index (χ2v) is 9.45. The SMILES string of the molecule is Cc1ccc(N2C(=O)C(Cl)=C(Nc3ccc(S(=O)(=O)Nc4ccccn4)cc3)C2=O)c(C)c1. The monoisotopic (exact) mass is 482 g/mol. The number of nitrogens with one attached hydrogen (secondary N) is 2. The number of pyridine rings is 1. The number of rotatable bonds is 6. The van der Waals surface area contributed by atoms with Crippen LogP contribution in [0.15, 0.2) is 82.5 Å². The zero-order valence-electron chi connectivity index (χ0n) is 17.7. The maximum atomic E-state index is 13.0. The van der Waals surface area contributed by atoms with Crippen LogP contribution < -0.4 is 14.9 Å². The number of benzene rings is 2. The lowest BCUT2D eigenvalue weighted by molar-refractivity contribution is -0.120. The van der Waals surface area contributed by atoms with Crippen molar-refractivity contribution in [1.82, 2.24) is 4.98 Å². The molecule has 1 aliphatic rings. The molecule has 0 saturated carbocycles. The summed E-state index contributed by atoms with van der Waals surface area (Å²) in [5.41, 5.74) is 2.53. The number of sulfonamides is 1. The van der Waals surface area contributed by atoms with Gasteiger partial charge >= 0.3 is 0 Å². The van der Waals surface area contributed by atoms with Gasteiger partial charge in [0.05, 0.1) is 10.6 Å². The highest BCUT2D eigenvalue weighted by atomic mass is 35.5. The smallest absolute Gasteiger partial charge is 0.283 e. The van der Waals surface area contributed by atoms with E-state index >= 15 is 0 Å². The number of hydrogen-bond acceptors (Lipinski definition) is 6. The summed E-state index contributed by atoms with van der Waals surface area (Å²) in [5.74, 6) is -1.03. The van der Waals surface area contributed by atoms with Crippen molar-refractivity contribution in [3.05, 3.63) is 88.7 Å². The van der Waals surface area contributed by atoms with Crippen LogP contribution in [0.1, 0.15) is 11.1 Å². The molecule has 2 heterocycles. The zero-order valence-corrected chi connectivity index (χ0v) is 19.2. The Hall–Kier alpha value is -3.69. The summed E-state index contributed by atoms with van der Waals surface area (Å²) in [5, 5.41) is 2.60. The molecule has 1 aromatic heterocycles. The van der Waals surface area contributed by atoms with Crippen molar-refractivity contribution < 1.29 is 18.0 Å². The van der Waals surface area contributed by atoms with Gasteiger partial charge < -0.3 is 5.32 Å². The number of imide groups is 1. The molecule has 2 N–H and O–H groups in total. The maximum absolute atomic E-state index is 13.0. The third-order valence-electron chi connectivity index (χ3n) is 4.96. The van der Waals surface area contributed by atoms with E-state index in [-0.39, 0.29) is 21.4 Å². The summed E-state index contributed by atoms with van der Waals surface area (Å²) in [6.07, 6.45) is 1.48. The first kappa shape index (κ1) is 22.5. The van der Waals surface area contributed by atoms with E-state index in [9.17, 15) is 18.0 Å². The molecular formula is C23H19ClN4O4S. The summed E-state index contributed by atoms with van der Waals surface area (Å²) in [4.78, 5) is 30.7. The first-order valence-corrected chi connectivity index (χ1v) is 11.7. The molecule has 0 unspecified atom stereocenters. The number of amides is 2. The molecule has 0 spiro atoms. The van der Waals surface area contributed by atoms with E-state index in [4.69, 9.17) is 11.6 Å². The number of carbonyl (C=O) groups excluding carboxylic acids is 2. The molecule has 1 aliphatic heterocycles. The fourth-order valence-electron chi connectivity index (χ4n) is 3.37. The number of halogens is 1. The Kier molecular flexibility index (Phi) is 5.92. The Bertz CT molecular complexity index is 1390. The molecule has 0 atom stereocenters. The van der Waals surface area contributed by atoms with Gasteiger partial charge in [-0.15, -0.1) is 0 Å². The highest BCUT2D eigenvalue weighted by Gasteiger charge is 2.39. The molecule has 8 nitrogen and oxygen atoms in total. The topological polar surface area (TPSA) is 108 Å². The number of carbonyl (C=O) groups is 2. The van der Waals surface area contributed by atoms with Crippen molar-refractivity contribution in [1.29, 1.82) is 0 Å². The number of nitrogens with zero attached hydrogens (tertiary/aromatic N) is 2. The number of aromatic nitrogens is 1. The molecular weight excluding hydrogens is 464 g/mol. The maximum Gasteiger partial charge on any atom is 0.283 e. The predicted octanol–water partition coefficient (Wildman–Crippen LogP) is 3.93. The molecule has 0 radical (unpaired) electrons. The van der Waals surface area contributed by atoms with Gasteiger partial charge in [0, 0.05) is 11.9 Å². The number of hydrogen-bond donors (Lipinski definition) is 2. The minimum absolute atomic E-state index is 0.00418. The Morgan fingerprint density at radius 1 is 0.939 bits per heavy atom. The normalized spacial score (nSPS) is 14.1. The highest BCUT2D eigenvalue weighted by Crippen LogP contribution is 2.32. The number of aryl methyl sites for hydroxylation is 2. The van der Waals surface area contributed by atoms with Crippen LogP contribution in [-0.4, -0.2) is 25.2 Å². The van der Waals surface area contributed by atoms with Crippen molar-refractivity contribution in [3.63, 3.8) is 0 Å². The molecule has 2 aromatic carbocycles. The van der Waals surface area contributed by atoms with Crippen molar-refractivity contribution in [2.24, 2.45) is 0 Å². The summed E-state index contributed by atoms with van der Waals surface area (Å²) >= 11 is 6.19. The fraction of sp³-hybridized carbons (Fsp3) is 0.0870. The summed E-state index contributed by atoms with van der Waals surface area (Å²) < 4.78 is 27.5. The van der Waals surface area contributed by atoms with Gasteiger partial charge in [-0.05, 0) is 61.9 Å². The molecule has 2 amide bonds. The van der Waals surface area contributed by atoms with E-state index in [1.165, 1.54) is 36.5 Å². The van der Waals surface area contributed by atoms with Crippen LogP contribution in [0.2, 0.25) is 0 Å². The third kappa shape index (κ3) is 4.46. The Morgan fingerprint density at radius 3 is 2.30 bits per heavy atom. The van der Waals surface area contributed by atoms with E-state index in [1.54, 1.807) is 31.2 Å². The predicted molar refractivity (Wildman–Crippen MR) is 126 cm³/mol. The average Bonchev–Trinajstić information content (AvgIpc) is 2.98. The van der Waals surface area contributed by atoms with Gasteiger partial charge in [0.15, 0.2) is 0 Å². The molecule has 10 heteroatoms. The fourth-order valence-corrected chi connectivity index (χ4v) is 4.59. The minimum atomic E-state index is -3.85. The first-order valence-electron chi connectivity index (χ1n) is 9.84. The Labute approximate surface area is 196 Å². The van der Waals surface area contributed by atoms with Gasteiger partial charge in [-0.25, -0.2) is 18.3 Å². The van der Waals surface area contributed by atoms with E-state index in [0.29, 0.717) is 11.4 Å². The Morgan fingerprint density at radius 2 is 1.67 bits per heavy atom. The summed E-state index contributed by atoms with van der Waals surface area (Å²) in [6.45, 7) is 3.72. The van der Waals surface area contributed by atoms with Crippen molar-refractivity contribution in [3.8, 4) is 0 Å². The van der Waals surface area contributed by atoms with Crippen LogP contribution in [-0.2, 0) is 19.6 Å². The van der Waals surface area contributed by atoms with Gasteiger partial charge in [0.25, 0.3) is 21.8 Å². The molecule has 4 rings (SSSR count). The van der Waals surface area contributed by atoms with Crippen LogP contribution in [0.25, 0.3) is 0 Å². The van der Waals surface area contributed by atoms with E-state index in [1.807, 2.05) is 13.0 Å². The zero-order chi connectivity index (χ0) is 23.8. The second-order valence-electron chi connectivity index (χ2n) is 7.39. The standard InChI is InChI=1S/C23H19ClN4O4S/c1-14-6-11-18(15(2)13-14)28-22(29)20(24)21(23(28)30)26-16-7-9-17(10-8-16)33(31,32)27-19-5-3-4-12-25-19/h3-13,26H,1-2H3,(H,25,27). The Balaban J connectivity index is 1.54. The van der Waals surface area contributed by atoms with Gasteiger partial charge in [-0.2, -0.15) is 0 Å². The summed E-state index contributed by atoms with van der Waals surface area (Å²) in [7, 11) is -3.85. The van der Waals surface area contributed by atoms with Gasteiger partial charge in [0.1, 0.15) is 16.5 Å². The van der Waals surface area contributed by atoms with Crippen molar-refractivity contribution in [2.45, 2.75) is 18.7 Å². The first-order chi connectivity index (χ1) is 15.7. The van der Waals surface area contributed by atoms with Crippen LogP contribution >= 0.6 is 11.6 Å². The lowest BCUT2D eigenvalue weighted by atomic mass is 10.1. The average molecular weight is 483 g/mol. The van der Waals surface area contributed by atoms with Crippen LogP contribution in [0.3, 0.4) is 0 Å². The van der Waals surface area contributed by atoms with Crippen LogP contribution in [0.5, 0.6) is 0 Å². The van der Waals surface area contributed by atoms with Gasteiger partial charge in [-0.1, -0.05) is 35.4 Å². The molecule has 0 bridgehead atoms. The van der Waals surface area contributed by atoms with Crippen LogP contribution in [0, 0.1) is 13.8 Å². The second kappa shape index (κ2) is 8.68. The lowest BCUT2D eigenvalue weighted by Gasteiger charge is -2.18. The summed E-state index contributed by atoms with van der Waals surface area (Å²) in [6, 6.07) is 15.9.